The minimum Gasteiger partial charge on any atom is -0.353 e. The van der Waals surface area contributed by atoms with E-state index in [1.807, 2.05) is 0 Å². The van der Waals surface area contributed by atoms with Gasteiger partial charge in [0, 0.05) is 19.1 Å². The highest BCUT2D eigenvalue weighted by atomic mass is 16.2. The third kappa shape index (κ3) is 5.07. The van der Waals surface area contributed by atoms with E-state index in [-0.39, 0.29) is 17.9 Å². The number of amides is 1. The molecule has 3 nitrogen and oxygen atoms in total. The first kappa shape index (κ1) is 19.0. The molecule has 0 aliphatic carbocycles. The number of likely N-dealkylation sites (tertiary alicyclic amines) is 1. The fourth-order valence-corrected chi connectivity index (χ4v) is 3.61. The van der Waals surface area contributed by atoms with Gasteiger partial charge < -0.3 is 10.2 Å². The zero-order valence-electron chi connectivity index (χ0n) is 15.8. The molecule has 0 bridgehead atoms. The Kier molecular flexibility index (Phi) is 7.29. The Hall–Kier alpha value is -1.35. The van der Waals surface area contributed by atoms with Gasteiger partial charge in [-0.3, -0.25) is 4.79 Å². The first-order chi connectivity index (χ1) is 11.6. The summed E-state index contributed by atoms with van der Waals surface area (Å²) in [6, 6.07) is 9.27. The number of carbonyl (C=O) groups is 1. The maximum atomic E-state index is 12.7. The molecule has 1 amide bonds. The molecule has 1 aromatic rings. The molecule has 24 heavy (non-hydrogen) atoms. The minimum absolute atomic E-state index is 0.107. The summed E-state index contributed by atoms with van der Waals surface area (Å²) in [7, 11) is 0. The Morgan fingerprint density at radius 1 is 1.21 bits per heavy atom. The van der Waals surface area contributed by atoms with E-state index < -0.39 is 0 Å². The normalized spacial score (nSPS) is 23.0. The molecule has 0 spiro atoms. The smallest absolute Gasteiger partial charge is 0.224 e. The van der Waals surface area contributed by atoms with Crippen LogP contribution in [-0.2, 0) is 11.2 Å². The summed E-state index contributed by atoms with van der Waals surface area (Å²) in [6.45, 7) is 11.7. The van der Waals surface area contributed by atoms with Crippen LogP contribution < -0.4 is 5.32 Å². The fourth-order valence-electron chi connectivity index (χ4n) is 3.61. The zero-order chi connectivity index (χ0) is 17.5. The van der Waals surface area contributed by atoms with Crippen LogP contribution in [0, 0.1) is 5.92 Å². The van der Waals surface area contributed by atoms with Crippen molar-refractivity contribution >= 4 is 5.91 Å². The Morgan fingerprint density at radius 3 is 2.50 bits per heavy atom. The van der Waals surface area contributed by atoms with Gasteiger partial charge in [0.05, 0.1) is 5.92 Å². The lowest BCUT2D eigenvalue weighted by atomic mass is 9.83. The van der Waals surface area contributed by atoms with Gasteiger partial charge in [0.2, 0.25) is 5.91 Å². The van der Waals surface area contributed by atoms with Gasteiger partial charge in [0.1, 0.15) is 0 Å². The number of hydrogen-bond acceptors (Lipinski definition) is 2. The lowest BCUT2D eigenvalue weighted by Crippen LogP contribution is -2.47. The molecule has 1 N–H and O–H groups in total. The average molecular weight is 331 g/mol. The second-order valence-electron chi connectivity index (χ2n) is 7.30. The number of aryl methyl sites for hydroxylation is 1. The van der Waals surface area contributed by atoms with Crippen molar-refractivity contribution in [1.29, 1.82) is 0 Å². The highest BCUT2D eigenvalue weighted by molar-refractivity contribution is 5.79. The predicted octanol–water partition coefficient (Wildman–Crippen LogP) is 3.98. The van der Waals surface area contributed by atoms with Gasteiger partial charge in [-0.15, -0.1) is 0 Å². The standard InChI is InChI=1S/C21H34N2O/c1-5-12-23-14-19(18-10-8-17(7-3)9-11-18)13-20(15-23)21(24)22-16(4)6-2/h8-11,16,19-20H,5-7,12-15H2,1-4H3,(H,22,24). The molecule has 0 saturated carbocycles. The number of carbonyl (C=O) groups excluding carboxylic acids is 1. The number of hydrogen-bond donors (Lipinski definition) is 1. The highest BCUT2D eigenvalue weighted by Crippen LogP contribution is 2.31. The van der Waals surface area contributed by atoms with Gasteiger partial charge in [-0.05, 0) is 56.2 Å². The summed E-state index contributed by atoms with van der Waals surface area (Å²) >= 11 is 0. The zero-order valence-corrected chi connectivity index (χ0v) is 15.8. The van der Waals surface area contributed by atoms with Crippen LogP contribution in [0.2, 0.25) is 0 Å². The fraction of sp³-hybridized carbons (Fsp3) is 0.667. The lowest BCUT2D eigenvalue weighted by molar-refractivity contribution is -0.127. The quantitative estimate of drug-likeness (QED) is 0.820. The molecular formula is C21H34N2O. The number of rotatable bonds is 7. The monoisotopic (exact) mass is 330 g/mol. The van der Waals surface area contributed by atoms with Crippen molar-refractivity contribution in [3.8, 4) is 0 Å². The largest absolute Gasteiger partial charge is 0.353 e. The van der Waals surface area contributed by atoms with Crippen LogP contribution in [0.15, 0.2) is 24.3 Å². The number of nitrogens with zero attached hydrogens (tertiary/aromatic N) is 1. The third-order valence-electron chi connectivity index (χ3n) is 5.30. The topological polar surface area (TPSA) is 32.3 Å². The van der Waals surface area contributed by atoms with Crippen molar-refractivity contribution in [2.45, 2.75) is 65.3 Å². The van der Waals surface area contributed by atoms with Gasteiger partial charge >= 0.3 is 0 Å². The molecule has 1 aromatic carbocycles. The summed E-state index contributed by atoms with van der Waals surface area (Å²) in [5, 5.41) is 3.19. The highest BCUT2D eigenvalue weighted by Gasteiger charge is 2.32. The SMILES string of the molecule is CCCN1CC(C(=O)NC(C)CC)CC(c2ccc(CC)cc2)C1. The van der Waals surface area contributed by atoms with E-state index in [1.54, 1.807) is 0 Å². The second kappa shape index (κ2) is 9.22. The maximum Gasteiger partial charge on any atom is 0.224 e. The van der Waals surface area contributed by atoms with E-state index in [9.17, 15) is 4.79 Å². The number of benzene rings is 1. The van der Waals surface area contributed by atoms with E-state index in [0.29, 0.717) is 5.92 Å². The Balaban J connectivity index is 2.10. The van der Waals surface area contributed by atoms with Crippen LogP contribution in [0.1, 0.15) is 64.0 Å². The molecule has 1 saturated heterocycles. The van der Waals surface area contributed by atoms with Crippen molar-refractivity contribution in [3.05, 3.63) is 35.4 Å². The summed E-state index contributed by atoms with van der Waals surface area (Å²) in [5.41, 5.74) is 2.76. The first-order valence-corrected chi connectivity index (χ1v) is 9.68. The lowest BCUT2D eigenvalue weighted by Gasteiger charge is -2.37. The molecule has 134 valence electrons. The van der Waals surface area contributed by atoms with Crippen LogP contribution in [0.25, 0.3) is 0 Å². The van der Waals surface area contributed by atoms with E-state index in [4.69, 9.17) is 0 Å². The van der Waals surface area contributed by atoms with Gasteiger partial charge in [0.15, 0.2) is 0 Å². The molecule has 1 aliphatic heterocycles. The molecule has 1 fully saturated rings. The molecule has 1 aliphatic rings. The van der Waals surface area contributed by atoms with Gasteiger partial charge in [-0.2, -0.15) is 0 Å². The van der Waals surface area contributed by atoms with Crippen molar-refractivity contribution in [2.24, 2.45) is 5.92 Å². The Bertz CT molecular complexity index is 511. The molecule has 3 unspecified atom stereocenters. The Morgan fingerprint density at radius 2 is 1.92 bits per heavy atom. The maximum absolute atomic E-state index is 12.7. The van der Waals surface area contributed by atoms with E-state index in [2.05, 4.69) is 62.2 Å². The third-order valence-corrected chi connectivity index (χ3v) is 5.30. The molecule has 0 radical (unpaired) electrons. The molecule has 2 rings (SSSR count). The van der Waals surface area contributed by atoms with Crippen molar-refractivity contribution in [3.63, 3.8) is 0 Å². The van der Waals surface area contributed by atoms with Crippen molar-refractivity contribution < 1.29 is 4.79 Å². The first-order valence-electron chi connectivity index (χ1n) is 9.68. The molecule has 1 heterocycles. The van der Waals surface area contributed by atoms with Crippen molar-refractivity contribution in [2.75, 3.05) is 19.6 Å². The molecule has 3 atom stereocenters. The Labute approximate surface area is 147 Å². The summed E-state index contributed by atoms with van der Waals surface area (Å²) in [4.78, 5) is 15.1. The average Bonchev–Trinajstić information content (AvgIpc) is 2.61. The van der Waals surface area contributed by atoms with E-state index >= 15 is 0 Å². The number of piperidine rings is 1. The van der Waals surface area contributed by atoms with Crippen LogP contribution in [0.3, 0.4) is 0 Å². The molecular weight excluding hydrogens is 296 g/mol. The second-order valence-corrected chi connectivity index (χ2v) is 7.30. The van der Waals surface area contributed by atoms with E-state index in [0.717, 1.165) is 45.3 Å². The van der Waals surface area contributed by atoms with Crippen LogP contribution >= 0.6 is 0 Å². The molecule has 0 aromatic heterocycles. The number of nitrogens with one attached hydrogen (secondary N) is 1. The molecule has 3 heteroatoms. The van der Waals surface area contributed by atoms with Crippen LogP contribution in [0.4, 0.5) is 0 Å². The minimum atomic E-state index is 0.107. The van der Waals surface area contributed by atoms with E-state index in [1.165, 1.54) is 11.1 Å². The van der Waals surface area contributed by atoms with Crippen LogP contribution in [-0.4, -0.2) is 36.5 Å². The summed E-state index contributed by atoms with van der Waals surface area (Å²) in [6.07, 6.45) is 4.17. The summed E-state index contributed by atoms with van der Waals surface area (Å²) < 4.78 is 0. The summed E-state index contributed by atoms with van der Waals surface area (Å²) in [5.74, 6) is 0.805. The predicted molar refractivity (Wildman–Crippen MR) is 101 cm³/mol. The van der Waals surface area contributed by atoms with Gasteiger partial charge in [-0.25, -0.2) is 0 Å². The van der Waals surface area contributed by atoms with Gasteiger partial charge in [0.25, 0.3) is 0 Å². The van der Waals surface area contributed by atoms with Crippen LogP contribution in [0.5, 0.6) is 0 Å². The van der Waals surface area contributed by atoms with Gasteiger partial charge in [-0.1, -0.05) is 45.0 Å². The van der Waals surface area contributed by atoms with Crippen molar-refractivity contribution in [1.82, 2.24) is 10.2 Å².